The smallest absolute Gasteiger partial charge is 0.302 e. The minimum absolute atomic E-state index is 0.00277. The molecule has 6 unspecified atom stereocenters. The van der Waals surface area contributed by atoms with Crippen LogP contribution in [0, 0.1) is 28.6 Å². The molecule has 3 fully saturated rings. The minimum Gasteiger partial charge on any atom is -0.462 e. The van der Waals surface area contributed by atoms with Gasteiger partial charge in [-0.15, -0.1) is 0 Å². The summed E-state index contributed by atoms with van der Waals surface area (Å²) < 4.78 is 5.14. The van der Waals surface area contributed by atoms with Gasteiger partial charge in [-0.05, 0) is 79.3 Å². The number of esters is 1. The molecular weight excluding hydrogens is 340 g/mol. The van der Waals surface area contributed by atoms with E-state index < -0.39 is 0 Å². The summed E-state index contributed by atoms with van der Waals surface area (Å²) in [5, 5.41) is 11.3. The van der Waals surface area contributed by atoms with Crippen LogP contribution in [-0.4, -0.2) is 29.6 Å². The molecule has 4 aliphatic carbocycles. The van der Waals surface area contributed by atoms with Gasteiger partial charge in [0.05, 0.1) is 6.10 Å². The Morgan fingerprint density at radius 3 is 2.78 bits per heavy atom. The number of fused-ring (bicyclic) bond motifs is 5. The molecule has 4 heteroatoms. The topological polar surface area (TPSA) is 63.6 Å². The molecule has 148 valence electrons. The lowest BCUT2D eigenvalue weighted by atomic mass is 9.46. The Morgan fingerprint density at radius 2 is 2.04 bits per heavy atom. The van der Waals surface area contributed by atoms with E-state index in [0.29, 0.717) is 24.9 Å². The van der Waals surface area contributed by atoms with Gasteiger partial charge in [0, 0.05) is 13.3 Å². The van der Waals surface area contributed by atoms with Crippen LogP contribution in [0.5, 0.6) is 0 Å². The summed E-state index contributed by atoms with van der Waals surface area (Å²) in [4.78, 5) is 23.0. The van der Waals surface area contributed by atoms with Crippen LogP contribution in [0.1, 0.15) is 65.7 Å². The average molecular weight is 373 g/mol. The Morgan fingerprint density at radius 1 is 1.26 bits per heavy atom. The standard InChI is InChI=1S/C23H32O4/c1-14(24)27-11-9-15-5-7-19-18-6-4-16-12-17(25)8-10-22(16,2)21(18)20(26)13-23(15,19)3/h9,12,18-21,26H,4-8,10-11,13H2,1-3H3. The van der Waals surface area contributed by atoms with Crippen LogP contribution in [0.3, 0.4) is 0 Å². The highest BCUT2D eigenvalue weighted by molar-refractivity contribution is 5.91. The van der Waals surface area contributed by atoms with E-state index >= 15 is 0 Å². The molecule has 0 heterocycles. The predicted octanol–water partition coefficient (Wildman–Crippen LogP) is 3.98. The number of allylic oxidation sites excluding steroid dienone is 2. The van der Waals surface area contributed by atoms with Crippen molar-refractivity contribution in [3.63, 3.8) is 0 Å². The number of aliphatic hydroxyl groups is 1. The number of hydrogen-bond donors (Lipinski definition) is 1. The third-order valence-corrected chi connectivity index (χ3v) is 8.36. The Bertz CT molecular complexity index is 720. The molecule has 0 bridgehead atoms. The van der Waals surface area contributed by atoms with E-state index in [-0.39, 0.29) is 34.6 Å². The fourth-order valence-corrected chi connectivity index (χ4v) is 7.13. The maximum absolute atomic E-state index is 11.9. The van der Waals surface area contributed by atoms with E-state index in [2.05, 4.69) is 19.9 Å². The fraction of sp³-hybridized carbons (Fsp3) is 0.739. The van der Waals surface area contributed by atoms with E-state index in [1.165, 1.54) is 18.1 Å². The summed E-state index contributed by atoms with van der Waals surface area (Å²) in [6, 6.07) is 0. The largest absolute Gasteiger partial charge is 0.462 e. The Hall–Kier alpha value is -1.42. The van der Waals surface area contributed by atoms with Crippen molar-refractivity contribution in [3.8, 4) is 0 Å². The number of aliphatic hydroxyl groups excluding tert-OH is 1. The normalized spacial score (nSPS) is 45.0. The first-order valence-electron chi connectivity index (χ1n) is 10.5. The quantitative estimate of drug-likeness (QED) is 0.588. The van der Waals surface area contributed by atoms with Crippen LogP contribution in [0.2, 0.25) is 0 Å². The van der Waals surface area contributed by atoms with Crippen molar-refractivity contribution in [2.24, 2.45) is 28.6 Å². The van der Waals surface area contributed by atoms with Crippen molar-refractivity contribution in [2.75, 3.05) is 6.61 Å². The number of hydrogen-bond acceptors (Lipinski definition) is 4. The van der Waals surface area contributed by atoms with E-state index in [0.717, 1.165) is 38.5 Å². The molecule has 0 aromatic heterocycles. The monoisotopic (exact) mass is 372 g/mol. The van der Waals surface area contributed by atoms with Crippen molar-refractivity contribution in [1.82, 2.24) is 0 Å². The average Bonchev–Trinajstić information content (AvgIpc) is 2.91. The van der Waals surface area contributed by atoms with E-state index in [1.54, 1.807) is 0 Å². The van der Waals surface area contributed by atoms with Crippen molar-refractivity contribution < 1.29 is 19.4 Å². The Balaban J connectivity index is 1.63. The van der Waals surface area contributed by atoms with Gasteiger partial charge < -0.3 is 9.84 Å². The second kappa shape index (κ2) is 6.58. The van der Waals surface area contributed by atoms with E-state index in [9.17, 15) is 14.7 Å². The summed E-state index contributed by atoms with van der Waals surface area (Å²) in [5.74, 6) is 1.35. The predicted molar refractivity (Wildman–Crippen MR) is 103 cm³/mol. The summed E-state index contributed by atoms with van der Waals surface area (Å²) in [5.41, 5.74) is 2.62. The molecule has 0 amide bonds. The van der Waals surface area contributed by atoms with E-state index in [1.807, 2.05) is 6.08 Å². The number of ether oxygens (including phenoxy) is 1. The van der Waals surface area contributed by atoms with Crippen LogP contribution < -0.4 is 0 Å². The molecule has 0 aromatic carbocycles. The molecule has 4 nitrogen and oxygen atoms in total. The number of carbonyl (C=O) groups excluding carboxylic acids is 2. The molecule has 3 saturated carbocycles. The van der Waals surface area contributed by atoms with Crippen molar-refractivity contribution >= 4 is 11.8 Å². The second-order valence-electron chi connectivity index (χ2n) is 9.65. The minimum atomic E-state index is -0.339. The summed E-state index contributed by atoms with van der Waals surface area (Å²) >= 11 is 0. The van der Waals surface area contributed by atoms with Crippen LogP contribution in [0.4, 0.5) is 0 Å². The molecule has 0 radical (unpaired) electrons. The summed E-state index contributed by atoms with van der Waals surface area (Å²) in [6.45, 7) is 6.38. The van der Waals surface area contributed by atoms with Gasteiger partial charge in [0.1, 0.15) is 6.61 Å². The zero-order chi connectivity index (χ0) is 19.4. The highest BCUT2D eigenvalue weighted by Crippen LogP contribution is 2.66. The van der Waals surface area contributed by atoms with Crippen LogP contribution in [0.25, 0.3) is 0 Å². The van der Waals surface area contributed by atoms with Gasteiger partial charge in [0.25, 0.3) is 0 Å². The fourth-order valence-electron chi connectivity index (χ4n) is 7.13. The molecular formula is C23H32O4. The first kappa shape index (κ1) is 18.9. The number of ketones is 1. The van der Waals surface area contributed by atoms with Crippen LogP contribution >= 0.6 is 0 Å². The highest BCUT2D eigenvalue weighted by Gasteiger charge is 2.60. The summed E-state index contributed by atoms with van der Waals surface area (Å²) in [7, 11) is 0. The molecule has 27 heavy (non-hydrogen) atoms. The van der Waals surface area contributed by atoms with Crippen LogP contribution in [0.15, 0.2) is 23.3 Å². The van der Waals surface area contributed by atoms with Gasteiger partial charge in [-0.3, -0.25) is 9.59 Å². The van der Waals surface area contributed by atoms with Crippen LogP contribution in [-0.2, 0) is 14.3 Å². The van der Waals surface area contributed by atoms with Gasteiger partial charge >= 0.3 is 5.97 Å². The summed E-state index contributed by atoms with van der Waals surface area (Å²) in [6.07, 6.45) is 10.2. The molecule has 6 atom stereocenters. The second-order valence-corrected chi connectivity index (χ2v) is 9.65. The van der Waals surface area contributed by atoms with Gasteiger partial charge in [-0.1, -0.05) is 25.0 Å². The third kappa shape index (κ3) is 2.91. The molecule has 0 aliphatic heterocycles. The van der Waals surface area contributed by atoms with Gasteiger partial charge in [-0.2, -0.15) is 0 Å². The van der Waals surface area contributed by atoms with Gasteiger partial charge in [-0.25, -0.2) is 0 Å². The number of carbonyl (C=O) groups is 2. The zero-order valence-electron chi connectivity index (χ0n) is 16.8. The van der Waals surface area contributed by atoms with Crippen molar-refractivity contribution in [1.29, 1.82) is 0 Å². The third-order valence-electron chi connectivity index (χ3n) is 8.36. The lowest BCUT2D eigenvalue weighted by Gasteiger charge is -2.59. The first-order chi connectivity index (χ1) is 12.8. The molecule has 4 rings (SSSR count). The van der Waals surface area contributed by atoms with E-state index in [4.69, 9.17) is 4.74 Å². The first-order valence-corrected chi connectivity index (χ1v) is 10.5. The maximum atomic E-state index is 11.9. The van der Waals surface area contributed by atoms with Gasteiger partial charge in [0.2, 0.25) is 0 Å². The van der Waals surface area contributed by atoms with Crippen molar-refractivity contribution in [3.05, 3.63) is 23.3 Å². The lowest BCUT2D eigenvalue weighted by molar-refractivity contribution is -0.139. The van der Waals surface area contributed by atoms with Crippen molar-refractivity contribution in [2.45, 2.75) is 71.8 Å². The van der Waals surface area contributed by atoms with Gasteiger partial charge in [0.15, 0.2) is 5.78 Å². The molecule has 0 spiro atoms. The number of rotatable bonds is 2. The SMILES string of the molecule is CC(=O)OCC=C1CCC2C3CCC4=CC(=O)CCC4(C)C3C(O)CC12C. The molecule has 0 aromatic rings. The molecule has 1 N–H and O–H groups in total. The molecule has 0 saturated heterocycles. The Labute approximate surface area is 162 Å². The zero-order valence-corrected chi connectivity index (χ0v) is 16.8. The highest BCUT2D eigenvalue weighted by atomic mass is 16.5. The maximum Gasteiger partial charge on any atom is 0.302 e. The molecule has 4 aliphatic rings. The lowest BCUT2D eigenvalue weighted by Crippen LogP contribution is -2.55. The Kier molecular flexibility index (Phi) is 4.61.